The summed E-state index contributed by atoms with van der Waals surface area (Å²) in [7, 11) is 2.14. The van der Waals surface area contributed by atoms with Crippen molar-refractivity contribution < 1.29 is 0 Å². The Kier molecular flexibility index (Phi) is 4.46. The van der Waals surface area contributed by atoms with Crippen LogP contribution in [-0.2, 0) is 13.6 Å². The van der Waals surface area contributed by atoms with Crippen LogP contribution < -0.4 is 0 Å². The first kappa shape index (κ1) is 20.5. The minimum atomic E-state index is 0.599. The van der Waals surface area contributed by atoms with Gasteiger partial charge in [0.25, 0.3) is 0 Å². The average Bonchev–Trinajstić information content (AvgIpc) is 3.41. The average molecular weight is 463 g/mol. The van der Waals surface area contributed by atoms with Crippen molar-refractivity contribution in [3.05, 3.63) is 115 Å². The fourth-order valence-electron chi connectivity index (χ4n) is 5.63. The molecule has 0 amide bonds. The third-order valence-corrected chi connectivity index (χ3v) is 7.29. The van der Waals surface area contributed by atoms with Crippen molar-refractivity contribution in [2.45, 2.75) is 6.54 Å². The maximum atomic E-state index is 9.37. The van der Waals surface area contributed by atoms with Gasteiger partial charge in [-0.05, 0) is 47.5 Å². The molecule has 0 N–H and O–H groups in total. The van der Waals surface area contributed by atoms with Crippen LogP contribution in [0.3, 0.4) is 0 Å². The number of aryl methyl sites for hydroxylation is 1. The quantitative estimate of drug-likeness (QED) is 0.274. The monoisotopic (exact) mass is 462 g/mol. The van der Waals surface area contributed by atoms with Crippen molar-refractivity contribution >= 4 is 43.6 Å². The molecule has 0 radical (unpaired) electrons. The maximum absolute atomic E-state index is 9.37. The fourth-order valence-corrected chi connectivity index (χ4v) is 5.63. The molecule has 0 fully saturated rings. The molecule has 170 valence electrons. The van der Waals surface area contributed by atoms with Gasteiger partial charge in [0.15, 0.2) is 0 Å². The molecule has 4 heteroatoms. The van der Waals surface area contributed by atoms with Crippen molar-refractivity contribution in [2.75, 3.05) is 0 Å². The van der Waals surface area contributed by atoms with E-state index < -0.39 is 0 Å². The van der Waals surface area contributed by atoms with Gasteiger partial charge >= 0.3 is 0 Å². The first-order chi connectivity index (χ1) is 17.7. The van der Waals surface area contributed by atoms with E-state index in [4.69, 9.17) is 0 Å². The Morgan fingerprint density at radius 3 is 2.33 bits per heavy atom. The number of fused-ring (bicyclic) bond motifs is 6. The summed E-state index contributed by atoms with van der Waals surface area (Å²) in [6.07, 6.45) is 1.72. The van der Waals surface area contributed by atoms with Crippen LogP contribution in [0.15, 0.2) is 103 Å². The van der Waals surface area contributed by atoms with E-state index in [9.17, 15) is 5.26 Å². The number of rotatable bonds is 3. The van der Waals surface area contributed by atoms with E-state index >= 15 is 0 Å². The lowest BCUT2D eigenvalue weighted by Gasteiger charge is -2.10. The summed E-state index contributed by atoms with van der Waals surface area (Å²) in [6, 6.07) is 36.3. The van der Waals surface area contributed by atoms with E-state index in [0.29, 0.717) is 12.1 Å². The Morgan fingerprint density at radius 2 is 1.47 bits per heavy atom. The molecular weight excluding hydrogens is 440 g/mol. The summed E-state index contributed by atoms with van der Waals surface area (Å²) in [5, 5.41) is 14.4. The van der Waals surface area contributed by atoms with Gasteiger partial charge in [-0.2, -0.15) is 5.26 Å². The van der Waals surface area contributed by atoms with Gasteiger partial charge in [-0.25, -0.2) is 0 Å². The third kappa shape index (κ3) is 2.97. The lowest BCUT2D eigenvalue weighted by atomic mass is 9.98. The topological polar surface area (TPSA) is 46.5 Å². The predicted molar refractivity (Wildman–Crippen MR) is 147 cm³/mol. The molecule has 0 unspecified atom stereocenters. The van der Waals surface area contributed by atoms with Gasteiger partial charge in [-0.1, -0.05) is 60.7 Å². The van der Waals surface area contributed by atoms with E-state index in [0.717, 1.165) is 16.7 Å². The predicted octanol–water partition coefficient (Wildman–Crippen LogP) is 7.42. The fraction of sp³-hybridized carbons (Fsp3) is 0.0625. The Labute approximate surface area is 208 Å². The normalized spacial score (nSPS) is 11.6. The molecule has 0 aliphatic rings. The van der Waals surface area contributed by atoms with Crippen molar-refractivity contribution in [3.8, 4) is 17.2 Å². The second-order valence-corrected chi connectivity index (χ2v) is 9.26. The van der Waals surface area contributed by atoms with Crippen LogP contribution in [-0.4, -0.2) is 14.1 Å². The SMILES string of the molecule is Cn1c2ccccc2c2c(-c3ccc4c5ccccc5n(Cc5cc(C#N)ccn5)c4c3)cccc21. The highest BCUT2D eigenvalue weighted by atomic mass is 15.0. The number of pyridine rings is 1. The summed E-state index contributed by atoms with van der Waals surface area (Å²) in [4.78, 5) is 4.56. The first-order valence-corrected chi connectivity index (χ1v) is 12.1. The van der Waals surface area contributed by atoms with Gasteiger partial charge in [-0.3, -0.25) is 4.98 Å². The molecule has 4 nitrogen and oxygen atoms in total. The number of para-hydroxylation sites is 2. The Morgan fingerprint density at radius 1 is 0.722 bits per heavy atom. The van der Waals surface area contributed by atoms with E-state index in [1.165, 1.54) is 43.7 Å². The molecular formula is C32H22N4. The second-order valence-electron chi connectivity index (χ2n) is 9.26. The van der Waals surface area contributed by atoms with Crippen LogP contribution in [0.5, 0.6) is 0 Å². The zero-order chi connectivity index (χ0) is 24.2. The molecule has 7 aromatic rings. The van der Waals surface area contributed by atoms with E-state index in [-0.39, 0.29) is 0 Å². The lowest BCUT2D eigenvalue weighted by Crippen LogP contribution is -2.02. The lowest BCUT2D eigenvalue weighted by molar-refractivity contribution is 0.834. The van der Waals surface area contributed by atoms with Crippen LogP contribution in [0.1, 0.15) is 11.3 Å². The van der Waals surface area contributed by atoms with Gasteiger partial charge in [0.2, 0.25) is 0 Å². The summed E-state index contributed by atoms with van der Waals surface area (Å²) in [5.41, 5.74) is 8.71. The molecule has 0 saturated carbocycles. The zero-order valence-corrected chi connectivity index (χ0v) is 19.8. The molecule has 0 saturated heterocycles. The summed E-state index contributed by atoms with van der Waals surface area (Å²) < 4.78 is 4.60. The number of nitriles is 1. The van der Waals surface area contributed by atoms with Gasteiger partial charge in [0, 0.05) is 51.3 Å². The molecule has 3 aromatic heterocycles. The van der Waals surface area contributed by atoms with Crippen LogP contribution in [0, 0.1) is 11.3 Å². The number of hydrogen-bond acceptors (Lipinski definition) is 2. The molecule has 3 heterocycles. The Hall–Kier alpha value is -4.88. The first-order valence-electron chi connectivity index (χ1n) is 12.1. The smallest absolute Gasteiger partial charge is 0.0992 e. The molecule has 0 atom stereocenters. The summed E-state index contributed by atoms with van der Waals surface area (Å²) in [5.74, 6) is 0. The van der Waals surface area contributed by atoms with Crippen LogP contribution in [0.25, 0.3) is 54.7 Å². The Bertz CT molecular complexity index is 2000. The number of hydrogen-bond donors (Lipinski definition) is 0. The number of aromatic nitrogens is 3. The summed E-state index contributed by atoms with van der Waals surface area (Å²) in [6.45, 7) is 0.599. The van der Waals surface area contributed by atoms with Gasteiger partial charge < -0.3 is 9.13 Å². The van der Waals surface area contributed by atoms with Gasteiger partial charge in [-0.15, -0.1) is 0 Å². The van der Waals surface area contributed by atoms with Crippen LogP contribution in [0.2, 0.25) is 0 Å². The molecule has 4 aromatic carbocycles. The van der Waals surface area contributed by atoms with Gasteiger partial charge in [0.05, 0.1) is 29.4 Å². The molecule has 7 rings (SSSR count). The van der Waals surface area contributed by atoms with Crippen molar-refractivity contribution in [1.29, 1.82) is 5.26 Å². The highest BCUT2D eigenvalue weighted by Gasteiger charge is 2.16. The Balaban J connectivity index is 1.50. The molecule has 0 aliphatic heterocycles. The van der Waals surface area contributed by atoms with Crippen LogP contribution >= 0.6 is 0 Å². The number of benzene rings is 4. The van der Waals surface area contributed by atoms with Crippen molar-refractivity contribution in [2.24, 2.45) is 7.05 Å². The molecule has 0 aliphatic carbocycles. The highest BCUT2D eigenvalue weighted by Crippen LogP contribution is 2.38. The minimum Gasteiger partial charge on any atom is -0.344 e. The standard InChI is InChI=1S/C32H22N4/c1-35-28-10-4-3-8-27(28)32-24(9-6-12-30(32)35)22-13-14-26-25-7-2-5-11-29(25)36(31(26)18-22)20-23-17-21(19-33)15-16-34-23/h2-18H,20H2,1H3. The molecule has 0 bridgehead atoms. The third-order valence-electron chi connectivity index (χ3n) is 7.29. The highest BCUT2D eigenvalue weighted by molar-refractivity contribution is 6.16. The number of nitrogens with zero attached hydrogens (tertiary/aromatic N) is 4. The molecule has 0 spiro atoms. The van der Waals surface area contributed by atoms with E-state index in [2.05, 4.69) is 112 Å². The summed E-state index contributed by atoms with van der Waals surface area (Å²) >= 11 is 0. The largest absolute Gasteiger partial charge is 0.344 e. The van der Waals surface area contributed by atoms with Crippen LogP contribution in [0.4, 0.5) is 0 Å². The maximum Gasteiger partial charge on any atom is 0.0992 e. The minimum absolute atomic E-state index is 0.599. The van der Waals surface area contributed by atoms with Crippen molar-refractivity contribution in [3.63, 3.8) is 0 Å². The van der Waals surface area contributed by atoms with E-state index in [1.807, 2.05) is 6.07 Å². The van der Waals surface area contributed by atoms with Gasteiger partial charge in [0.1, 0.15) is 0 Å². The van der Waals surface area contributed by atoms with E-state index in [1.54, 1.807) is 12.3 Å². The molecule has 36 heavy (non-hydrogen) atoms. The second kappa shape index (κ2) is 7.83. The zero-order valence-electron chi connectivity index (χ0n) is 19.8. The van der Waals surface area contributed by atoms with Crippen molar-refractivity contribution in [1.82, 2.24) is 14.1 Å².